The predicted octanol–water partition coefficient (Wildman–Crippen LogP) is 2.01. The molecule has 1 saturated heterocycles. The van der Waals surface area contributed by atoms with Crippen LogP contribution in [0.2, 0.25) is 0 Å². The average molecular weight is 334 g/mol. The lowest BCUT2D eigenvalue weighted by Gasteiger charge is -2.23. The largest absolute Gasteiger partial charge is 0.497 e. The van der Waals surface area contributed by atoms with Crippen LogP contribution >= 0.6 is 0 Å². The monoisotopic (exact) mass is 334 g/mol. The van der Waals surface area contributed by atoms with Crippen molar-refractivity contribution in [2.24, 2.45) is 10.9 Å². The van der Waals surface area contributed by atoms with E-state index >= 15 is 0 Å². The van der Waals surface area contributed by atoms with Gasteiger partial charge in [-0.05, 0) is 12.3 Å². The molecule has 0 saturated carbocycles. The number of benzene rings is 1. The second-order valence-electron chi connectivity index (χ2n) is 6.60. The van der Waals surface area contributed by atoms with Gasteiger partial charge in [-0.25, -0.2) is 0 Å². The van der Waals surface area contributed by atoms with Gasteiger partial charge in [-0.3, -0.25) is 4.99 Å². The van der Waals surface area contributed by atoms with Gasteiger partial charge in [0.05, 0.1) is 14.2 Å². The smallest absolute Gasteiger partial charge is 0.195 e. The summed E-state index contributed by atoms with van der Waals surface area (Å²) in [5, 5.41) is 0. The van der Waals surface area contributed by atoms with E-state index in [0.29, 0.717) is 5.92 Å². The molecule has 0 bridgehead atoms. The molecule has 1 atom stereocenters. The van der Waals surface area contributed by atoms with E-state index in [1.54, 1.807) is 14.2 Å². The molecule has 1 fully saturated rings. The van der Waals surface area contributed by atoms with Gasteiger partial charge in [0.15, 0.2) is 5.96 Å². The zero-order valence-electron chi connectivity index (χ0n) is 15.7. The van der Waals surface area contributed by atoms with Gasteiger partial charge < -0.3 is 24.2 Å². The third-order valence-corrected chi connectivity index (χ3v) is 4.28. The number of aliphatic imine (C=N–C) groups is 1. The van der Waals surface area contributed by atoms with E-state index in [1.165, 1.54) is 0 Å². The Bertz CT molecular complexity index is 540. The SMILES string of the molecule is COc1cc(OC)cc(N2CC[C@@H](CN=C(N(C)C)N(C)C)C2)c1. The summed E-state index contributed by atoms with van der Waals surface area (Å²) in [5.41, 5.74) is 1.15. The molecular formula is C18H30N4O2. The average Bonchev–Trinajstić information content (AvgIpc) is 3.02. The molecule has 1 aromatic carbocycles. The molecular weight excluding hydrogens is 304 g/mol. The Morgan fingerprint density at radius 1 is 1.08 bits per heavy atom. The standard InChI is InChI=1S/C18H30N4O2/c1-20(2)18(21(3)4)19-12-14-7-8-22(13-14)15-9-16(23-5)11-17(10-15)24-6/h9-11,14H,7-8,12-13H2,1-6H3/t14-/m0/s1. The van der Waals surface area contributed by atoms with Gasteiger partial charge in [-0.1, -0.05) is 0 Å². The molecule has 0 aliphatic carbocycles. The minimum absolute atomic E-state index is 0.567. The topological polar surface area (TPSA) is 40.5 Å². The quantitative estimate of drug-likeness (QED) is 0.608. The van der Waals surface area contributed by atoms with E-state index in [4.69, 9.17) is 14.5 Å². The highest BCUT2D eigenvalue weighted by Gasteiger charge is 2.23. The molecule has 0 amide bonds. The van der Waals surface area contributed by atoms with Crippen molar-refractivity contribution in [2.45, 2.75) is 6.42 Å². The van der Waals surface area contributed by atoms with Gasteiger partial charge in [0.1, 0.15) is 11.5 Å². The van der Waals surface area contributed by atoms with Crippen molar-refractivity contribution in [3.63, 3.8) is 0 Å². The fourth-order valence-electron chi connectivity index (χ4n) is 3.08. The fraction of sp³-hybridized carbons (Fsp3) is 0.611. The summed E-state index contributed by atoms with van der Waals surface area (Å²) in [6, 6.07) is 6.04. The molecule has 134 valence electrons. The third kappa shape index (κ3) is 4.46. The molecule has 0 radical (unpaired) electrons. The number of hydrogen-bond donors (Lipinski definition) is 0. The van der Waals surface area contributed by atoms with E-state index < -0.39 is 0 Å². The molecule has 1 aromatic rings. The minimum Gasteiger partial charge on any atom is -0.497 e. The highest BCUT2D eigenvalue weighted by atomic mass is 16.5. The molecule has 2 rings (SSSR count). The van der Waals surface area contributed by atoms with Gasteiger partial charge in [-0.15, -0.1) is 0 Å². The summed E-state index contributed by atoms with van der Waals surface area (Å²) in [4.78, 5) is 11.3. The van der Waals surface area contributed by atoms with Gasteiger partial charge in [-0.2, -0.15) is 0 Å². The third-order valence-electron chi connectivity index (χ3n) is 4.28. The fourth-order valence-corrected chi connectivity index (χ4v) is 3.08. The lowest BCUT2D eigenvalue weighted by atomic mass is 10.1. The van der Waals surface area contributed by atoms with Gasteiger partial charge in [0, 0.05) is 71.7 Å². The Balaban J connectivity index is 2.04. The maximum absolute atomic E-state index is 5.38. The first-order valence-corrected chi connectivity index (χ1v) is 8.31. The number of anilines is 1. The Labute approximate surface area is 145 Å². The second kappa shape index (κ2) is 8.13. The van der Waals surface area contributed by atoms with E-state index in [1.807, 2.05) is 34.3 Å². The highest BCUT2D eigenvalue weighted by molar-refractivity contribution is 5.79. The van der Waals surface area contributed by atoms with Crippen molar-refractivity contribution >= 4 is 11.6 Å². The van der Waals surface area contributed by atoms with Crippen molar-refractivity contribution < 1.29 is 9.47 Å². The first-order chi connectivity index (χ1) is 11.4. The maximum Gasteiger partial charge on any atom is 0.195 e. The summed E-state index contributed by atoms with van der Waals surface area (Å²) in [7, 11) is 11.5. The van der Waals surface area contributed by atoms with Crippen LogP contribution < -0.4 is 14.4 Å². The van der Waals surface area contributed by atoms with Crippen LogP contribution in [0.15, 0.2) is 23.2 Å². The van der Waals surface area contributed by atoms with Crippen LogP contribution in [0.4, 0.5) is 5.69 Å². The normalized spacial score (nSPS) is 16.8. The van der Waals surface area contributed by atoms with E-state index in [2.05, 4.69) is 26.8 Å². The molecule has 1 heterocycles. The van der Waals surface area contributed by atoms with Crippen LogP contribution in [0.3, 0.4) is 0 Å². The number of hydrogen-bond acceptors (Lipinski definition) is 4. The van der Waals surface area contributed by atoms with E-state index in [9.17, 15) is 0 Å². The van der Waals surface area contributed by atoms with Gasteiger partial charge in [0.2, 0.25) is 0 Å². The minimum atomic E-state index is 0.567. The number of nitrogens with zero attached hydrogens (tertiary/aromatic N) is 4. The van der Waals surface area contributed by atoms with Crippen molar-refractivity contribution in [2.75, 3.05) is 66.9 Å². The molecule has 0 N–H and O–H groups in total. The summed E-state index contributed by atoms with van der Waals surface area (Å²) >= 11 is 0. The van der Waals surface area contributed by atoms with Crippen molar-refractivity contribution in [3.8, 4) is 11.5 Å². The highest BCUT2D eigenvalue weighted by Crippen LogP contribution is 2.31. The molecule has 0 spiro atoms. The number of methoxy groups -OCH3 is 2. The zero-order chi connectivity index (χ0) is 17.7. The zero-order valence-corrected chi connectivity index (χ0v) is 15.7. The van der Waals surface area contributed by atoms with Crippen molar-refractivity contribution in [3.05, 3.63) is 18.2 Å². The van der Waals surface area contributed by atoms with Crippen LogP contribution in [0.1, 0.15) is 6.42 Å². The lowest BCUT2D eigenvalue weighted by molar-refractivity contribution is 0.394. The summed E-state index contributed by atoms with van der Waals surface area (Å²) in [6.07, 6.45) is 1.15. The van der Waals surface area contributed by atoms with Crippen molar-refractivity contribution in [1.29, 1.82) is 0 Å². The molecule has 0 aromatic heterocycles. The Morgan fingerprint density at radius 2 is 1.67 bits per heavy atom. The van der Waals surface area contributed by atoms with E-state index in [-0.39, 0.29) is 0 Å². The Morgan fingerprint density at radius 3 is 2.17 bits per heavy atom. The summed E-state index contributed by atoms with van der Waals surface area (Å²) in [5.74, 6) is 3.23. The van der Waals surface area contributed by atoms with Crippen molar-refractivity contribution in [1.82, 2.24) is 9.80 Å². The molecule has 6 nitrogen and oxygen atoms in total. The van der Waals surface area contributed by atoms with Crippen LogP contribution in [0, 0.1) is 5.92 Å². The number of ether oxygens (including phenoxy) is 2. The second-order valence-corrected chi connectivity index (χ2v) is 6.60. The first kappa shape index (κ1) is 18.2. The maximum atomic E-state index is 5.38. The van der Waals surface area contributed by atoms with Crippen LogP contribution in [-0.4, -0.2) is 77.8 Å². The summed E-state index contributed by atoms with van der Waals surface area (Å²) < 4.78 is 10.8. The summed E-state index contributed by atoms with van der Waals surface area (Å²) in [6.45, 7) is 2.90. The number of guanidine groups is 1. The van der Waals surface area contributed by atoms with Crippen LogP contribution in [0.25, 0.3) is 0 Å². The van der Waals surface area contributed by atoms with Crippen LogP contribution in [0.5, 0.6) is 11.5 Å². The van der Waals surface area contributed by atoms with Gasteiger partial charge >= 0.3 is 0 Å². The predicted molar refractivity (Wildman–Crippen MR) is 99.5 cm³/mol. The molecule has 24 heavy (non-hydrogen) atoms. The Kier molecular flexibility index (Phi) is 6.17. The first-order valence-electron chi connectivity index (χ1n) is 8.31. The molecule has 1 aliphatic heterocycles. The molecule has 0 unspecified atom stereocenters. The van der Waals surface area contributed by atoms with Gasteiger partial charge in [0.25, 0.3) is 0 Å². The molecule has 1 aliphatic rings. The number of rotatable bonds is 5. The lowest BCUT2D eigenvalue weighted by Crippen LogP contribution is -2.36. The van der Waals surface area contributed by atoms with E-state index in [0.717, 1.165) is 49.2 Å². The Hall–Kier alpha value is -2.11. The molecule has 6 heteroatoms. The van der Waals surface area contributed by atoms with Crippen LogP contribution in [-0.2, 0) is 0 Å².